The van der Waals surface area contributed by atoms with Gasteiger partial charge in [-0.1, -0.05) is 50.2 Å². The second kappa shape index (κ2) is 5.31. The van der Waals surface area contributed by atoms with Gasteiger partial charge in [-0.15, -0.1) is 0 Å². The summed E-state index contributed by atoms with van der Waals surface area (Å²) in [5.41, 5.74) is 2.65. The van der Waals surface area contributed by atoms with E-state index >= 15 is 0 Å². The van der Waals surface area contributed by atoms with E-state index in [0.29, 0.717) is 12.3 Å². The van der Waals surface area contributed by atoms with Crippen molar-refractivity contribution < 1.29 is 4.39 Å². The molecule has 0 aliphatic heterocycles. The smallest absolute Gasteiger partial charge is 0.0897 e. The average Bonchev–Trinajstić information content (AvgIpc) is 2.35. The Bertz CT molecular complexity index is 495. The van der Waals surface area contributed by atoms with Crippen LogP contribution in [0.4, 0.5) is 4.39 Å². The number of aryl methyl sites for hydroxylation is 1. The third kappa shape index (κ3) is 2.49. The summed E-state index contributed by atoms with van der Waals surface area (Å²) in [7, 11) is 0. The molecule has 0 nitrogen and oxygen atoms in total. The Kier molecular flexibility index (Phi) is 3.78. The molecule has 0 aliphatic rings. The summed E-state index contributed by atoms with van der Waals surface area (Å²) in [5, 5.41) is 2.60. The van der Waals surface area contributed by atoms with Gasteiger partial charge in [0.25, 0.3) is 0 Å². The first kappa shape index (κ1) is 12.1. The molecule has 90 valence electrons. The monoisotopic (exact) mass is 230 g/mol. The van der Waals surface area contributed by atoms with Gasteiger partial charge < -0.3 is 0 Å². The minimum atomic E-state index is -0.236. The van der Waals surface area contributed by atoms with Crippen molar-refractivity contribution in [1.29, 1.82) is 0 Å². The van der Waals surface area contributed by atoms with Crippen molar-refractivity contribution in [1.82, 2.24) is 0 Å². The highest BCUT2D eigenvalue weighted by atomic mass is 19.1. The van der Waals surface area contributed by atoms with Crippen molar-refractivity contribution in [3.05, 3.63) is 47.5 Å². The van der Waals surface area contributed by atoms with E-state index in [1.165, 1.54) is 21.9 Å². The first-order chi connectivity index (χ1) is 8.24. The molecule has 17 heavy (non-hydrogen) atoms. The second-order valence-corrected chi connectivity index (χ2v) is 4.81. The quantitative estimate of drug-likeness (QED) is 0.703. The highest BCUT2D eigenvalue weighted by Crippen LogP contribution is 2.29. The molecule has 0 amide bonds. The summed E-state index contributed by atoms with van der Waals surface area (Å²) in [4.78, 5) is 0. The molecule has 0 spiro atoms. The molecular weight excluding hydrogens is 211 g/mol. The lowest BCUT2D eigenvalue weighted by molar-refractivity contribution is 0.473. The fourth-order valence-corrected chi connectivity index (χ4v) is 2.40. The molecule has 0 saturated carbocycles. The van der Waals surface area contributed by atoms with E-state index in [-0.39, 0.29) is 6.67 Å². The normalized spacial score (nSPS) is 11.3. The van der Waals surface area contributed by atoms with Crippen molar-refractivity contribution in [2.45, 2.75) is 32.6 Å². The van der Waals surface area contributed by atoms with Gasteiger partial charge in [0.1, 0.15) is 0 Å². The van der Waals surface area contributed by atoms with E-state index in [2.05, 4.69) is 50.2 Å². The van der Waals surface area contributed by atoms with Crippen LogP contribution in [0.2, 0.25) is 0 Å². The van der Waals surface area contributed by atoms with Gasteiger partial charge in [0.05, 0.1) is 6.67 Å². The summed E-state index contributed by atoms with van der Waals surface area (Å²) in [5.74, 6) is 0.505. The lowest BCUT2D eigenvalue weighted by Gasteiger charge is -2.13. The predicted molar refractivity (Wildman–Crippen MR) is 72.3 cm³/mol. The molecule has 0 N–H and O–H groups in total. The maximum atomic E-state index is 12.3. The summed E-state index contributed by atoms with van der Waals surface area (Å²) in [6.45, 7) is 4.18. The molecule has 2 aromatic carbocycles. The second-order valence-electron chi connectivity index (χ2n) is 4.81. The highest BCUT2D eigenvalue weighted by molar-refractivity contribution is 5.89. The van der Waals surface area contributed by atoms with Gasteiger partial charge in [0.2, 0.25) is 0 Å². The molecule has 0 atom stereocenters. The summed E-state index contributed by atoms with van der Waals surface area (Å²) in [6, 6.07) is 12.8. The largest absolute Gasteiger partial charge is 0.251 e. The Morgan fingerprint density at radius 2 is 1.76 bits per heavy atom. The number of fused-ring (bicyclic) bond motifs is 1. The molecular formula is C16H19F. The van der Waals surface area contributed by atoms with Crippen LogP contribution in [0.15, 0.2) is 36.4 Å². The molecule has 0 heterocycles. The Morgan fingerprint density at radius 1 is 1.06 bits per heavy atom. The van der Waals surface area contributed by atoms with Crippen LogP contribution >= 0.6 is 0 Å². The maximum absolute atomic E-state index is 12.3. The average molecular weight is 230 g/mol. The van der Waals surface area contributed by atoms with Crippen molar-refractivity contribution in [3.8, 4) is 0 Å². The third-order valence-corrected chi connectivity index (χ3v) is 3.22. The van der Waals surface area contributed by atoms with Gasteiger partial charge in [-0.2, -0.15) is 0 Å². The number of halogens is 1. The van der Waals surface area contributed by atoms with Crippen LogP contribution in [0.3, 0.4) is 0 Å². The molecule has 2 rings (SSSR count). The highest BCUT2D eigenvalue weighted by Gasteiger charge is 2.08. The van der Waals surface area contributed by atoms with E-state index in [1.807, 2.05) is 0 Å². The fraction of sp³-hybridized carbons (Fsp3) is 0.375. The van der Waals surface area contributed by atoms with Gasteiger partial charge in [-0.25, -0.2) is 0 Å². The Morgan fingerprint density at radius 3 is 2.41 bits per heavy atom. The standard InChI is InChI=1S/C16H19F/c1-12(2)15-10-4-8-13-6-3-7-14(16(13)15)9-5-11-17/h3-4,6-8,10,12H,5,9,11H2,1-2H3. The van der Waals surface area contributed by atoms with Crippen molar-refractivity contribution in [2.75, 3.05) is 6.67 Å². The fourth-order valence-electron chi connectivity index (χ4n) is 2.40. The van der Waals surface area contributed by atoms with E-state index in [4.69, 9.17) is 0 Å². The minimum absolute atomic E-state index is 0.236. The van der Waals surface area contributed by atoms with Gasteiger partial charge in [0, 0.05) is 0 Å². The van der Waals surface area contributed by atoms with Crippen LogP contribution in [0, 0.1) is 0 Å². The van der Waals surface area contributed by atoms with E-state index in [9.17, 15) is 4.39 Å². The van der Waals surface area contributed by atoms with E-state index < -0.39 is 0 Å². The number of alkyl halides is 1. The zero-order valence-electron chi connectivity index (χ0n) is 10.5. The SMILES string of the molecule is CC(C)c1cccc2cccc(CCCF)c12. The van der Waals surface area contributed by atoms with Gasteiger partial charge in [-0.3, -0.25) is 4.39 Å². The molecule has 0 fully saturated rings. The van der Waals surface area contributed by atoms with Crippen LogP contribution in [0.1, 0.15) is 37.3 Å². The zero-order chi connectivity index (χ0) is 12.3. The van der Waals surface area contributed by atoms with E-state index in [0.717, 1.165) is 6.42 Å². The zero-order valence-corrected chi connectivity index (χ0v) is 10.5. The first-order valence-corrected chi connectivity index (χ1v) is 6.30. The summed E-state index contributed by atoms with van der Waals surface area (Å²) in [6.07, 6.45) is 1.45. The number of hydrogen-bond donors (Lipinski definition) is 0. The molecule has 0 unspecified atom stereocenters. The molecule has 0 saturated heterocycles. The maximum Gasteiger partial charge on any atom is 0.0897 e. The Hall–Kier alpha value is -1.37. The van der Waals surface area contributed by atoms with Crippen LogP contribution in [-0.2, 0) is 6.42 Å². The minimum Gasteiger partial charge on any atom is -0.251 e. The number of hydrogen-bond acceptors (Lipinski definition) is 0. The summed E-state index contributed by atoms with van der Waals surface area (Å²) < 4.78 is 12.3. The molecule has 1 heteroatoms. The molecule has 0 radical (unpaired) electrons. The predicted octanol–water partition coefficient (Wildman–Crippen LogP) is 4.87. The van der Waals surface area contributed by atoms with Crippen LogP contribution in [0.25, 0.3) is 10.8 Å². The number of benzene rings is 2. The summed E-state index contributed by atoms with van der Waals surface area (Å²) >= 11 is 0. The third-order valence-electron chi connectivity index (χ3n) is 3.22. The van der Waals surface area contributed by atoms with Crippen molar-refractivity contribution in [3.63, 3.8) is 0 Å². The van der Waals surface area contributed by atoms with E-state index in [1.54, 1.807) is 0 Å². The van der Waals surface area contributed by atoms with Gasteiger partial charge >= 0.3 is 0 Å². The Balaban J connectivity index is 2.58. The lowest BCUT2D eigenvalue weighted by atomic mass is 9.91. The first-order valence-electron chi connectivity index (χ1n) is 6.30. The van der Waals surface area contributed by atoms with Crippen molar-refractivity contribution >= 4 is 10.8 Å². The Labute approximate surface area is 102 Å². The molecule has 0 aromatic heterocycles. The van der Waals surface area contributed by atoms with Gasteiger partial charge in [-0.05, 0) is 40.7 Å². The number of rotatable bonds is 4. The molecule has 2 aromatic rings. The lowest BCUT2D eigenvalue weighted by Crippen LogP contribution is -1.95. The van der Waals surface area contributed by atoms with Crippen LogP contribution < -0.4 is 0 Å². The van der Waals surface area contributed by atoms with Crippen LogP contribution in [-0.4, -0.2) is 6.67 Å². The van der Waals surface area contributed by atoms with Crippen LogP contribution in [0.5, 0.6) is 0 Å². The van der Waals surface area contributed by atoms with Crippen molar-refractivity contribution in [2.24, 2.45) is 0 Å². The topological polar surface area (TPSA) is 0 Å². The van der Waals surface area contributed by atoms with Gasteiger partial charge in [0.15, 0.2) is 0 Å². The molecule has 0 bridgehead atoms. The molecule has 0 aliphatic carbocycles.